The standard InChI is InChI=1S/C20H21ClN2O3/c1-26-15-10-8-14(9-11-15)18-7-4-12-23(18)19(24)13-22-20(25)16-5-2-3-6-17(16)21/h2-3,5-6,8-11,18H,4,7,12-13H2,1H3,(H,22,25)/t18-/m0/s1. The van der Waals surface area contributed by atoms with Crippen molar-refractivity contribution in [1.82, 2.24) is 10.2 Å². The lowest BCUT2D eigenvalue weighted by molar-refractivity contribution is -0.131. The molecule has 1 atom stereocenters. The zero-order valence-corrected chi connectivity index (χ0v) is 15.3. The molecule has 0 saturated carbocycles. The van der Waals surface area contributed by atoms with Gasteiger partial charge in [0.2, 0.25) is 5.91 Å². The van der Waals surface area contributed by atoms with Crippen LogP contribution in [0.2, 0.25) is 5.02 Å². The summed E-state index contributed by atoms with van der Waals surface area (Å²) in [6.07, 6.45) is 1.86. The third kappa shape index (κ3) is 3.99. The largest absolute Gasteiger partial charge is 0.497 e. The molecule has 0 bridgehead atoms. The van der Waals surface area contributed by atoms with Gasteiger partial charge in [-0.1, -0.05) is 35.9 Å². The minimum atomic E-state index is -0.343. The van der Waals surface area contributed by atoms with Crippen molar-refractivity contribution in [2.45, 2.75) is 18.9 Å². The maximum Gasteiger partial charge on any atom is 0.253 e. The molecular weight excluding hydrogens is 352 g/mol. The fourth-order valence-electron chi connectivity index (χ4n) is 3.24. The van der Waals surface area contributed by atoms with E-state index in [4.69, 9.17) is 16.3 Å². The molecule has 1 aliphatic rings. The van der Waals surface area contributed by atoms with Crippen molar-refractivity contribution in [3.8, 4) is 5.75 Å². The number of hydrogen-bond donors (Lipinski definition) is 1. The third-order valence-corrected chi connectivity index (χ3v) is 4.92. The maximum absolute atomic E-state index is 12.6. The lowest BCUT2D eigenvalue weighted by atomic mass is 10.0. The number of ether oxygens (including phenoxy) is 1. The summed E-state index contributed by atoms with van der Waals surface area (Å²) in [5.41, 5.74) is 1.45. The molecule has 2 amide bonds. The van der Waals surface area contributed by atoms with Crippen molar-refractivity contribution >= 4 is 23.4 Å². The Morgan fingerprint density at radius 3 is 2.62 bits per heavy atom. The Balaban J connectivity index is 1.63. The van der Waals surface area contributed by atoms with E-state index in [0.29, 0.717) is 17.1 Å². The van der Waals surface area contributed by atoms with Gasteiger partial charge in [-0.25, -0.2) is 0 Å². The van der Waals surface area contributed by atoms with Crippen LogP contribution in [0.15, 0.2) is 48.5 Å². The number of methoxy groups -OCH3 is 1. The first kappa shape index (κ1) is 18.3. The topological polar surface area (TPSA) is 58.6 Å². The van der Waals surface area contributed by atoms with Gasteiger partial charge in [-0.05, 0) is 42.7 Å². The van der Waals surface area contributed by atoms with Crippen molar-refractivity contribution in [2.75, 3.05) is 20.2 Å². The van der Waals surface area contributed by atoms with Gasteiger partial charge in [-0.15, -0.1) is 0 Å². The number of rotatable bonds is 5. The monoisotopic (exact) mass is 372 g/mol. The van der Waals surface area contributed by atoms with E-state index in [1.807, 2.05) is 29.2 Å². The average molecular weight is 373 g/mol. The first-order valence-electron chi connectivity index (χ1n) is 8.56. The molecule has 0 unspecified atom stereocenters. The summed E-state index contributed by atoms with van der Waals surface area (Å²) in [5, 5.41) is 3.04. The summed E-state index contributed by atoms with van der Waals surface area (Å²) in [7, 11) is 1.63. The minimum absolute atomic E-state index is 0.0330. The summed E-state index contributed by atoms with van der Waals surface area (Å²) in [4.78, 5) is 26.7. The second-order valence-corrected chi connectivity index (χ2v) is 6.59. The summed E-state index contributed by atoms with van der Waals surface area (Å²) < 4.78 is 5.18. The second-order valence-electron chi connectivity index (χ2n) is 6.18. The molecule has 1 N–H and O–H groups in total. The van der Waals surface area contributed by atoms with Crippen LogP contribution < -0.4 is 10.1 Å². The number of carbonyl (C=O) groups excluding carboxylic acids is 2. The molecule has 5 nitrogen and oxygen atoms in total. The Hall–Kier alpha value is -2.53. The Morgan fingerprint density at radius 2 is 1.92 bits per heavy atom. The van der Waals surface area contributed by atoms with Gasteiger partial charge in [0.1, 0.15) is 5.75 Å². The molecule has 1 heterocycles. The number of carbonyl (C=O) groups is 2. The van der Waals surface area contributed by atoms with Crippen molar-refractivity contribution < 1.29 is 14.3 Å². The van der Waals surface area contributed by atoms with Gasteiger partial charge in [-0.3, -0.25) is 9.59 Å². The van der Waals surface area contributed by atoms with Crippen LogP contribution >= 0.6 is 11.6 Å². The number of amides is 2. The first-order chi connectivity index (χ1) is 12.6. The quantitative estimate of drug-likeness (QED) is 0.874. The van der Waals surface area contributed by atoms with Crippen molar-refractivity contribution in [3.63, 3.8) is 0 Å². The molecule has 2 aromatic carbocycles. The van der Waals surface area contributed by atoms with Gasteiger partial charge in [0, 0.05) is 6.54 Å². The number of hydrogen-bond acceptors (Lipinski definition) is 3. The van der Waals surface area contributed by atoms with E-state index in [1.165, 1.54) is 0 Å². The van der Waals surface area contributed by atoms with Crippen LogP contribution in [0.5, 0.6) is 5.75 Å². The summed E-state index contributed by atoms with van der Waals surface area (Å²) in [6.45, 7) is 0.647. The summed E-state index contributed by atoms with van der Waals surface area (Å²) >= 11 is 6.02. The molecule has 0 aliphatic carbocycles. The zero-order valence-electron chi connectivity index (χ0n) is 14.6. The molecule has 0 aromatic heterocycles. The van der Waals surface area contributed by atoms with E-state index in [-0.39, 0.29) is 24.4 Å². The van der Waals surface area contributed by atoms with Gasteiger partial charge in [0.15, 0.2) is 0 Å². The fraction of sp³-hybridized carbons (Fsp3) is 0.300. The predicted molar refractivity (Wildman–Crippen MR) is 100 cm³/mol. The SMILES string of the molecule is COc1ccc([C@@H]2CCCN2C(=O)CNC(=O)c2ccccc2Cl)cc1. The fourth-order valence-corrected chi connectivity index (χ4v) is 3.46. The highest BCUT2D eigenvalue weighted by atomic mass is 35.5. The van der Waals surface area contributed by atoms with Crippen LogP contribution in [0.4, 0.5) is 0 Å². The molecule has 0 spiro atoms. The van der Waals surface area contributed by atoms with Crippen molar-refractivity contribution in [2.24, 2.45) is 0 Å². The van der Waals surface area contributed by atoms with Crippen LogP contribution in [0.25, 0.3) is 0 Å². The molecule has 1 saturated heterocycles. The second kappa shape index (κ2) is 8.23. The molecule has 2 aromatic rings. The number of likely N-dealkylation sites (tertiary alicyclic amines) is 1. The van der Waals surface area contributed by atoms with Gasteiger partial charge in [0.05, 0.1) is 30.3 Å². The molecule has 3 rings (SSSR count). The van der Waals surface area contributed by atoms with E-state index in [9.17, 15) is 9.59 Å². The van der Waals surface area contributed by atoms with E-state index in [2.05, 4.69) is 5.32 Å². The Bertz CT molecular complexity index is 792. The number of benzene rings is 2. The van der Waals surface area contributed by atoms with Crippen LogP contribution in [-0.4, -0.2) is 36.9 Å². The lowest BCUT2D eigenvalue weighted by Crippen LogP contribution is -2.39. The van der Waals surface area contributed by atoms with Crippen LogP contribution in [0.3, 0.4) is 0 Å². The lowest BCUT2D eigenvalue weighted by Gasteiger charge is -2.25. The maximum atomic E-state index is 12.6. The third-order valence-electron chi connectivity index (χ3n) is 4.59. The molecule has 1 aliphatic heterocycles. The summed E-state index contributed by atoms with van der Waals surface area (Å²) in [6, 6.07) is 14.6. The van der Waals surface area contributed by atoms with Crippen LogP contribution in [0.1, 0.15) is 34.8 Å². The molecule has 136 valence electrons. The van der Waals surface area contributed by atoms with Crippen molar-refractivity contribution in [3.05, 3.63) is 64.7 Å². The summed E-state index contributed by atoms with van der Waals surface area (Å²) in [5.74, 6) is 0.351. The van der Waals surface area contributed by atoms with Gasteiger partial charge in [-0.2, -0.15) is 0 Å². The highest BCUT2D eigenvalue weighted by Crippen LogP contribution is 2.32. The predicted octanol–water partition coefficient (Wildman–Crippen LogP) is 3.44. The average Bonchev–Trinajstić information content (AvgIpc) is 3.16. The van der Waals surface area contributed by atoms with Crippen LogP contribution in [0, 0.1) is 0 Å². The normalized spacial score (nSPS) is 16.4. The van der Waals surface area contributed by atoms with Gasteiger partial charge >= 0.3 is 0 Å². The number of nitrogens with zero attached hydrogens (tertiary/aromatic N) is 1. The highest BCUT2D eigenvalue weighted by Gasteiger charge is 2.30. The smallest absolute Gasteiger partial charge is 0.253 e. The van der Waals surface area contributed by atoms with Crippen LogP contribution in [-0.2, 0) is 4.79 Å². The minimum Gasteiger partial charge on any atom is -0.497 e. The van der Waals surface area contributed by atoms with Gasteiger partial charge in [0.25, 0.3) is 5.91 Å². The molecule has 1 fully saturated rings. The number of halogens is 1. The Labute approximate surface area is 157 Å². The molecule has 26 heavy (non-hydrogen) atoms. The molecular formula is C20H21ClN2O3. The Morgan fingerprint density at radius 1 is 1.19 bits per heavy atom. The van der Waals surface area contributed by atoms with E-state index >= 15 is 0 Å². The first-order valence-corrected chi connectivity index (χ1v) is 8.94. The molecule has 0 radical (unpaired) electrons. The Kier molecular flexibility index (Phi) is 5.78. The zero-order chi connectivity index (χ0) is 18.5. The number of nitrogens with one attached hydrogen (secondary N) is 1. The van der Waals surface area contributed by atoms with Crippen molar-refractivity contribution in [1.29, 1.82) is 0 Å². The van der Waals surface area contributed by atoms with Gasteiger partial charge < -0.3 is 15.0 Å². The van der Waals surface area contributed by atoms with E-state index < -0.39 is 0 Å². The van der Waals surface area contributed by atoms with E-state index in [0.717, 1.165) is 24.2 Å². The van der Waals surface area contributed by atoms with E-state index in [1.54, 1.807) is 31.4 Å². The molecule has 6 heteroatoms. The highest BCUT2D eigenvalue weighted by molar-refractivity contribution is 6.33.